The van der Waals surface area contributed by atoms with Gasteiger partial charge < -0.3 is 19.8 Å². The molecule has 6 nitrogen and oxygen atoms in total. The molecule has 0 bridgehead atoms. The molecule has 0 spiro atoms. The number of hydrogen-bond donors (Lipinski definition) is 2. The second kappa shape index (κ2) is 9.71. The highest BCUT2D eigenvalue weighted by atomic mass is 16.5. The number of hydrogen-bond acceptors (Lipinski definition) is 4. The second-order valence-corrected chi connectivity index (χ2v) is 6.54. The summed E-state index contributed by atoms with van der Waals surface area (Å²) in [6.45, 7) is 3.89. The number of aliphatic imine (C=N–C) groups is 1. The Morgan fingerprint density at radius 1 is 1.00 bits per heavy atom. The lowest BCUT2D eigenvalue weighted by molar-refractivity contribution is 0.185. The number of ether oxygens (including phenoxy) is 1. The largest absolute Gasteiger partial charge is 0.444 e. The predicted octanol–water partition coefficient (Wildman–Crippen LogP) is 3.66. The van der Waals surface area contributed by atoms with Gasteiger partial charge >= 0.3 is 0 Å². The molecule has 0 fully saturated rings. The molecule has 146 valence electrons. The standard InChI is InChI=1S/C22H26N4O2/c1-16-4-10-19(11-5-16)21-26-20(15-28-21)13-25-22(23-2)24-12-17-6-8-18(9-7-17)14-27-3/h4-11,15H,12-14H2,1-3H3,(H2,23,24,25). The van der Waals surface area contributed by atoms with Crippen LogP contribution in [0.3, 0.4) is 0 Å². The number of nitrogens with zero attached hydrogens (tertiary/aromatic N) is 2. The first-order valence-electron chi connectivity index (χ1n) is 9.20. The summed E-state index contributed by atoms with van der Waals surface area (Å²) in [6.07, 6.45) is 1.67. The summed E-state index contributed by atoms with van der Waals surface area (Å²) in [5.74, 6) is 1.33. The van der Waals surface area contributed by atoms with Crippen LogP contribution in [0.4, 0.5) is 0 Å². The van der Waals surface area contributed by atoms with E-state index < -0.39 is 0 Å². The van der Waals surface area contributed by atoms with Crippen LogP contribution >= 0.6 is 0 Å². The minimum atomic E-state index is 0.530. The third-order valence-electron chi connectivity index (χ3n) is 4.30. The molecule has 0 amide bonds. The van der Waals surface area contributed by atoms with E-state index in [-0.39, 0.29) is 0 Å². The Bertz CT molecular complexity index is 899. The minimum absolute atomic E-state index is 0.530. The Kier molecular flexibility index (Phi) is 6.81. The van der Waals surface area contributed by atoms with Gasteiger partial charge in [-0.15, -0.1) is 0 Å². The first-order valence-corrected chi connectivity index (χ1v) is 9.20. The number of rotatable bonds is 7. The van der Waals surface area contributed by atoms with Crippen LogP contribution in [0.5, 0.6) is 0 Å². The summed E-state index contributed by atoms with van der Waals surface area (Å²) in [5.41, 5.74) is 5.33. The van der Waals surface area contributed by atoms with Crippen molar-refractivity contribution in [3.63, 3.8) is 0 Å². The molecule has 1 heterocycles. The van der Waals surface area contributed by atoms with E-state index in [4.69, 9.17) is 9.15 Å². The third-order valence-corrected chi connectivity index (χ3v) is 4.30. The van der Waals surface area contributed by atoms with Crippen molar-refractivity contribution in [1.82, 2.24) is 15.6 Å². The van der Waals surface area contributed by atoms with Gasteiger partial charge in [0.1, 0.15) is 6.26 Å². The van der Waals surface area contributed by atoms with Crippen LogP contribution in [0.25, 0.3) is 11.5 Å². The number of aryl methyl sites for hydroxylation is 1. The van der Waals surface area contributed by atoms with Gasteiger partial charge in [-0.05, 0) is 30.2 Å². The van der Waals surface area contributed by atoms with Gasteiger partial charge in [-0.25, -0.2) is 4.98 Å². The van der Waals surface area contributed by atoms with Crippen molar-refractivity contribution in [2.45, 2.75) is 26.6 Å². The van der Waals surface area contributed by atoms with Gasteiger partial charge in [0, 0.05) is 26.3 Å². The van der Waals surface area contributed by atoms with Gasteiger partial charge in [-0.2, -0.15) is 0 Å². The monoisotopic (exact) mass is 378 g/mol. The van der Waals surface area contributed by atoms with Crippen molar-refractivity contribution in [3.05, 3.63) is 77.2 Å². The smallest absolute Gasteiger partial charge is 0.226 e. The van der Waals surface area contributed by atoms with Gasteiger partial charge in [-0.3, -0.25) is 4.99 Å². The summed E-state index contributed by atoms with van der Waals surface area (Å²) in [4.78, 5) is 8.79. The molecule has 2 N–H and O–H groups in total. The minimum Gasteiger partial charge on any atom is -0.444 e. The molecule has 0 radical (unpaired) electrons. The first-order chi connectivity index (χ1) is 13.7. The molecular formula is C22H26N4O2. The van der Waals surface area contributed by atoms with E-state index in [0.29, 0.717) is 31.5 Å². The van der Waals surface area contributed by atoms with E-state index in [2.05, 4.69) is 51.8 Å². The summed E-state index contributed by atoms with van der Waals surface area (Å²) >= 11 is 0. The molecule has 1 aromatic heterocycles. The van der Waals surface area contributed by atoms with Crippen molar-refractivity contribution in [2.24, 2.45) is 4.99 Å². The summed E-state index contributed by atoms with van der Waals surface area (Å²) in [7, 11) is 3.45. The van der Waals surface area contributed by atoms with E-state index in [0.717, 1.165) is 16.8 Å². The maximum atomic E-state index is 5.60. The Balaban J connectivity index is 1.51. The molecule has 0 aliphatic carbocycles. The fourth-order valence-corrected chi connectivity index (χ4v) is 2.72. The number of methoxy groups -OCH3 is 1. The van der Waals surface area contributed by atoms with Crippen molar-refractivity contribution in [3.8, 4) is 11.5 Å². The second-order valence-electron chi connectivity index (χ2n) is 6.54. The van der Waals surface area contributed by atoms with Crippen LogP contribution in [0.2, 0.25) is 0 Å². The topological polar surface area (TPSA) is 71.7 Å². The van der Waals surface area contributed by atoms with Crippen molar-refractivity contribution >= 4 is 5.96 Å². The average molecular weight is 378 g/mol. The van der Waals surface area contributed by atoms with E-state index in [1.807, 2.05) is 24.3 Å². The Labute approximate surface area is 165 Å². The molecule has 0 aliphatic rings. The molecule has 2 aromatic carbocycles. The number of guanidine groups is 1. The number of nitrogens with one attached hydrogen (secondary N) is 2. The molecule has 3 aromatic rings. The maximum Gasteiger partial charge on any atom is 0.226 e. The predicted molar refractivity (Wildman–Crippen MR) is 111 cm³/mol. The third kappa shape index (κ3) is 5.44. The van der Waals surface area contributed by atoms with Crippen LogP contribution < -0.4 is 10.6 Å². The lowest BCUT2D eigenvalue weighted by Gasteiger charge is -2.11. The fraction of sp³-hybridized carbons (Fsp3) is 0.273. The molecule has 0 aliphatic heterocycles. The van der Waals surface area contributed by atoms with Gasteiger partial charge in [-0.1, -0.05) is 42.0 Å². The van der Waals surface area contributed by atoms with Crippen LogP contribution in [0.15, 0.2) is 64.2 Å². The highest BCUT2D eigenvalue weighted by molar-refractivity contribution is 5.79. The van der Waals surface area contributed by atoms with Crippen molar-refractivity contribution in [2.75, 3.05) is 14.2 Å². The summed E-state index contributed by atoms with van der Waals surface area (Å²) in [6, 6.07) is 16.4. The molecule has 6 heteroatoms. The number of benzene rings is 2. The number of aromatic nitrogens is 1. The van der Waals surface area contributed by atoms with Crippen molar-refractivity contribution < 1.29 is 9.15 Å². The van der Waals surface area contributed by atoms with E-state index in [9.17, 15) is 0 Å². The molecule has 0 unspecified atom stereocenters. The molecule has 0 atom stereocenters. The first kappa shape index (κ1) is 19.6. The lowest BCUT2D eigenvalue weighted by atomic mass is 10.1. The van der Waals surface area contributed by atoms with E-state index in [1.54, 1.807) is 20.4 Å². The molecular weight excluding hydrogens is 352 g/mol. The van der Waals surface area contributed by atoms with Crippen LogP contribution in [0.1, 0.15) is 22.4 Å². The quantitative estimate of drug-likeness (QED) is 0.485. The highest BCUT2D eigenvalue weighted by Crippen LogP contribution is 2.19. The lowest BCUT2D eigenvalue weighted by Crippen LogP contribution is -2.36. The zero-order valence-electron chi connectivity index (χ0n) is 16.5. The normalized spacial score (nSPS) is 11.5. The molecule has 0 saturated heterocycles. The van der Waals surface area contributed by atoms with Crippen molar-refractivity contribution in [1.29, 1.82) is 0 Å². The molecule has 0 saturated carbocycles. The molecule has 3 rings (SSSR count). The SMILES string of the molecule is CN=C(NCc1ccc(COC)cc1)NCc1coc(-c2ccc(C)cc2)n1. The maximum absolute atomic E-state index is 5.60. The van der Waals surface area contributed by atoms with Gasteiger partial charge in [0.05, 0.1) is 18.8 Å². The Hall–Kier alpha value is -3.12. The van der Waals surface area contributed by atoms with Crippen LogP contribution in [0, 0.1) is 6.92 Å². The van der Waals surface area contributed by atoms with Gasteiger partial charge in [0.2, 0.25) is 5.89 Å². The fourth-order valence-electron chi connectivity index (χ4n) is 2.72. The zero-order valence-corrected chi connectivity index (χ0v) is 16.5. The molecule has 28 heavy (non-hydrogen) atoms. The van der Waals surface area contributed by atoms with Crippen LogP contribution in [-0.2, 0) is 24.4 Å². The van der Waals surface area contributed by atoms with E-state index >= 15 is 0 Å². The van der Waals surface area contributed by atoms with Gasteiger partial charge in [0.15, 0.2) is 5.96 Å². The average Bonchev–Trinajstić information content (AvgIpc) is 3.19. The number of oxazole rings is 1. The summed E-state index contributed by atoms with van der Waals surface area (Å²) < 4.78 is 10.7. The zero-order chi connectivity index (χ0) is 19.8. The van der Waals surface area contributed by atoms with E-state index in [1.165, 1.54) is 11.1 Å². The Morgan fingerprint density at radius 2 is 1.68 bits per heavy atom. The summed E-state index contributed by atoms with van der Waals surface area (Å²) in [5, 5.41) is 6.56. The van der Waals surface area contributed by atoms with Gasteiger partial charge in [0.25, 0.3) is 0 Å². The highest BCUT2D eigenvalue weighted by Gasteiger charge is 2.07. The van der Waals surface area contributed by atoms with Crippen LogP contribution in [-0.4, -0.2) is 25.1 Å². The Morgan fingerprint density at radius 3 is 2.36 bits per heavy atom.